The van der Waals surface area contributed by atoms with E-state index >= 15 is 0 Å². The third-order valence-electron chi connectivity index (χ3n) is 4.45. The van der Waals surface area contributed by atoms with Gasteiger partial charge in [0.25, 0.3) is 0 Å². The van der Waals surface area contributed by atoms with Gasteiger partial charge in [-0.1, -0.05) is 46.0 Å². The summed E-state index contributed by atoms with van der Waals surface area (Å²) in [6.07, 6.45) is 9.09. The molecule has 1 saturated carbocycles. The Morgan fingerprint density at radius 2 is 1.70 bits per heavy atom. The minimum atomic E-state index is -0.304. The molecule has 20 heavy (non-hydrogen) atoms. The van der Waals surface area contributed by atoms with Crippen molar-refractivity contribution < 1.29 is 9.59 Å². The molecule has 2 rings (SSSR count). The molecule has 2 amide bonds. The summed E-state index contributed by atoms with van der Waals surface area (Å²) >= 11 is 0. The summed E-state index contributed by atoms with van der Waals surface area (Å²) in [5.74, 6) is 0.572. The Labute approximate surface area is 122 Å². The lowest BCUT2D eigenvalue weighted by Crippen LogP contribution is -2.60. The van der Waals surface area contributed by atoms with Crippen LogP contribution in [0.3, 0.4) is 0 Å². The molecular formula is C16H28N2O2. The molecule has 1 heterocycles. The second-order valence-electron chi connectivity index (χ2n) is 6.71. The zero-order valence-corrected chi connectivity index (χ0v) is 12.9. The first-order valence-electron chi connectivity index (χ1n) is 8.17. The fourth-order valence-corrected chi connectivity index (χ4v) is 3.42. The molecule has 2 aliphatic rings. The summed E-state index contributed by atoms with van der Waals surface area (Å²) in [5.41, 5.74) is 0. The Morgan fingerprint density at radius 3 is 2.30 bits per heavy atom. The predicted octanol–water partition coefficient (Wildman–Crippen LogP) is 2.47. The highest BCUT2D eigenvalue weighted by Gasteiger charge is 2.36. The highest BCUT2D eigenvalue weighted by molar-refractivity contribution is 5.95. The van der Waals surface area contributed by atoms with Crippen LogP contribution in [0.1, 0.15) is 65.2 Å². The van der Waals surface area contributed by atoms with Gasteiger partial charge in [-0.05, 0) is 25.2 Å². The van der Waals surface area contributed by atoms with Gasteiger partial charge < -0.3 is 10.2 Å². The number of nitrogens with zero attached hydrogens (tertiary/aromatic N) is 1. The van der Waals surface area contributed by atoms with Gasteiger partial charge in [0.1, 0.15) is 6.04 Å². The standard InChI is InChI=1S/C16H28N2O2/c1-12(2)10-14-16(20)18(11-15(19)17-14)13-8-6-4-3-5-7-9-13/h12-14H,3-11H2,1-2H3,(H,17,19). The maximum atomic E-state index is 12.6. The third-order valence-corrected chi connectivity index (χ3v) is 4.45. The van der Waals surface area contributed by atoms with Crippen molar-refractivity contribution in [2.75, 3.05) is 6.54 Å². The quantitative estimate of drug-likeness (QED) is 0.863. The Morgan fingerprint density at radius 1 is 1.10 bits per heavy atom. The fraction of sp³-hybridized carbons (Fsp3) is 0.875. The van der Waals surface area contributed by atoms with E-state index in [4.69, 9.17) is 0 Å². The summed E-state index contributed by atoms with van der Waals surface area (Å²) in [6, 6.07) is -0.0230. The molecule has 4 nitrogen and oxygen atoms in total. The van der Waals surface area contributed by atoms with Gasteiger partial charge in [0.2, 0.25) is 11.8 Å². The summed E-state index contributed by atoms with van der Waals surface area (Å²) in [4.78, 5) is 26.4. The van der Waals surface area contributed by atoms with Crippen molar-refractivity contribution in [2.24, 2.45) is 5.92 Å². The monoisotopic (exact) mass is 280 g/mol. The van der Waals surface area contributed by atoms with Gasteiger partial charge in [0.15, 0.2) is 0 Å². The van der Waals surface area contributed by atoms with Crippen LogP contribution in [-0.4, -0.2) is 35.3 Å². The molecule has 1 aliphatic heterocycles. The van der Waals surface area contributed by atoms with Crippen molar-refractivity contribution in [3.63, 3.8) is 0 Å². The van der Waals surface area contributed by atoms with Crippen molar-refractivity contribution in [3.8, 4) is 0 Å². The molecule has 0 aromatic heterocycles. The topological polar surface area (TPSA) is 49.4 Å². The van der Waals surface area contributed by atoms with Gasteiger partial charge in [-0.3, -0.25) is 9.59 Å². The Bertz CT molecular complexity index is 346. The minimum Gasteiger partial charge on any atom is -0.343 e. The van der Waals surface area contributed by atoms with E-state index in [0.29, 0.717) is 5.92 Å². The van der Waals surface area contributed by atoms with E-state index in [0.717, 1.165) is 19.3 Å². The average molecular weight is 280 g/mol. The average Bonchev–Trinajstić information content (AvgIpc) is 2.33. The predicted molar refractivity (Wildman–Crippen MR) is 79.2 cm³/mol. The van der Waals surface area contributed by atoms with Crippen LogP contribution in [-0.2, 0) is 9.59 Å². The van der Waals surface area contributed by atoms with Crippen molar-refractivity contribution in [2.45, 2.75) is 77.3 Å². The zero-order valence-electron chi connectivity index (χ0n) is 12.9. The molecule has 2 fully saturated rings. The normalized spacial score (nSPS) is 26.4. The van der Waals surface area contributed by atoms with Crippen LogP contribution in [0.2, 0.25) is 0 Å². The van der Waals surface area contributed by atoms with E-state index in [-0.39, 0.29) is 30.4 Å². The number of carbonyl (C=O) groups excluding carboxylic acids is 2. The molecule has 4 heteroatoms. The van der Waals surface area contributed by atoms with Crippen LogP contribution in [0.5, 0.6) is 0 Å². The molecule has 1 saturated heterocycles. The van der Waals surface area contributed by atoms with Gasteiger partial charge in [-0.2, -0.15) is 0 Å². The second kappa shape index (κ2) is 7.09. The number of carbonyl (C=O) groups is 2. The van der Waals surface area contributed by atoms with Crippen LogP contribution in [0.25, 0.3) is 0 Å². The molecule has 0 aromatic carbocycles. The van der Waals surface area contributed by atoms with Crippen LogP contribution < -0.4 is 5.32 Å². The van der Waals surface area contributed by atoms with E-state index in [1.165, 1.54) is 32.1 Å². The van der Waals surface area contributed by atoms with Gasteiger partial charge in [0.05, 0.1) is 6.54 Å². The van der Waals surface area contributed by atoms with E-state index < -0.39 is 0 Å². The Hall–Kier alpha value is -1.06. The SMILES string of the molecule is CC(C)CC1NC(=O)CN(C2CCCCCCC2)C1=O. The van der Waals surface area contributed by atoms with Crippen molar-refractivity contribution in [1.82, 2.24) is 10.2 Å². The largest absolute Gasteiger partial charge is 0.343 e. The summed E-state index contributed by atoms with van der Waals surface area (Å²) in [5, 5.41) is 2.86. The molecule has 1 aliphatic carbocycles. The molecule has 114 valence electrons. The van der Waals surface area contributed by atoms with Gasteiger partial charge >= 0.3 is 0 Å². The number of hydrogen-bond donors (Lipinski definition) is 1. The second-order valence-corrected chi connectivity index (χ2v) is 6.71. The number of amides is 2. The maximum absolute atomic E-state index is 12.6. The summed E-state index contributed by atoms with van der Waals surface area (Å²) in [7, 11) is 0. The third kappa shape index (κ3) is 3.97. The lowest BCUT2D eigenvalue weighted by atomic mass is 9.93. The summed E-state index contributed by atoms with van der Waals surface area (Å²) < 4.78 is 0. The molecule has 1 N–H and O–H groups in total. The zero-order chi connectivity index (χ0) is 14.5. The molecule has 1 atom stereocenters. The Kier molecular flexibility index (Phi) is 5.44. The van der Waals surface area contributed by atoms with E-state index in [2.05, 4.69) is 19.2 Å². The van der Waals surface area contributed by atoms with Crippen LogP contribution >= 0.6 is 0 Å². The van der Waals surface area contributed by atoms with Crippen LogP contribution in [0.15, 0.2) is 0 Å². The number of hydrogen-bond acceptors (Lipinski definition) is 2. The van der Waals surface area contributed by atoms with Crippen LogP contribution in [0.4, 0.5) is 0 Å². The summed E-state index contributed by atoms with van der Waals surface area (Å²) in [6.45, 7) is 4.44. The van der Waals surface area contributed by atoms with Crippen LogP contribution in [0, 0.1) is 5.92 Å². The van der Waals surface area contributed by atoms with Crippen molar-refractivity contribution >= 4 is 11.8 Å². The number of nitrogens with one attached hydrogen (secondary N) is 1. The smallest absolute Gasteiger partial charge is 0.245 e. The highest BCUT2D eigenvalue weighted by Crippen LogP contribution is 2.24. The molecular weight excluding hydrogens is 252 g/mol. The van der Waals surface area contributed by atoms with E-state index in [1.807, 2.05) is 4.90 Å². The molecule has 0 bridgehead atoms. The minimum absolute atomic E-state index is 0.0114. The molecule has 0 aromatic rings. The Balaban J connectivity index is 2.03. The molecule has 0 spiro atoms. The first-order valence-corrected chi connectivity index (χ1v) is 8.17. The van der Waals surface area contributed by atoms with Crippen molar-refractivity contribution in [1.29, 1.82) is 0 Å². The number of rotatable bonds is 3. The number of piperazine rings is 1. The van der Waals surface area contributed by atoms with Gasteiger partial charge in [-0.25, -0.2) is 0 Å². The first kappa shape index (κ1) is 15.3. The first-order chi connectivity index (χ1) is 9.58. The highest BCUT2D eigenvalue weighted by atomic mass is 16.2. The lowest BCUT2D eigenvalue weighted by molar-refractivity contribution is -0.147. The van der Waals surface area contributed by atoms with E-state index in [1.54, 1.807) is 0 Å². The molecule has 1 unspecified atom stereocenters. The van der Waals surface area contributed by atoms with Gasteiger partial charge in [0, 0.05) is 6.04 Å². The fourth-order valence-electron chi connectivity index (χ4n) is 3.42. The van der Waals surface area contributed by atoms with E-state index in [9.17, 15) is 9.59 Å². The van der Waals surface area contributed by atoms with Gasteiger partial charge in [-0.15, -0.1) is 0 Å². The van der Waals surface area contributed by atoms with Crippen molar-refractivity contribution in [3.05, 3.63) is 0 Å². The maximum Gasteiger partial charge on any atom is 0.245 e. The lowest BCUT2D eigenvalue weighted by Gasteiger charge is -2.39. The molecule has 0 radical (unpaired) electrons.